The summed E-state index contributed by atoms with van der Waals surface area (Å²) < 4.78 is 4.78. The smallest absolute Gasteiger partial charge is 0.332 e. The third-order valence-electron chi connectivity index (χ3n) is 2.56. The molecule has 5 heteroatoms. The highest BCUT2D eigenvalue weighted by molar-refractivity contribution is 5.96. The number of anilines is 1. The summed E-state index contributed by atoms with van der Waals surface area (Å²) in [5.41, 5.74) is 1.92. The Hall–Kier alpha value is -2.30. The van der Waals surface area contributed by atoms with Crippen LogP contribution in [0.4, 0.5) is 5.69 Å². The van der Waals surface area contributed by atoms with Crippen LogP contribution < -0.4 is 10.2 Å². The largest absolute Gasteiger partial charge is 0.463 e. The third-order valence-corrected chi connectivity index (χ3v) is 2.56. The summed E-state index contributed by atoms with van der Waals surface area (Å²) in [6, 6.07) is 7.24. The Morgan fingerprint density at radius 2 is 2.05 bits per heavy atom. The average Bonchev–Trinajstić information content (AvgIpc) is 2.38. The third kappa shape index (κ3) is 4.76. The van der Waals surface area contributed by atoms with Gasteiger partial charge in [0.1, 0.15) is 0 Å². The lowest BCUT2D eigenvalue weighted by Gasteiger charge is -2.13. The van der Waals surface area contributed by atoms with E-state index in [1.807, 2.05) is 31.1 Å². The van der Waals surface area contributed by atoms with Crippen LogP contribution in [0.25, 0.3) is 0 Å². The van der Waals surface area contributed by atoms with E-state index in [0.717, 1.165) is 5.69 Å². The molecule has 1 N–H and O–H groups in total. The average molecular weight is 276 g/mol. The number of hydrogen-bond donors (Lipinski definition) is 1. The number of carbonyl (C=O) groups is 2. The van der Waals surface area contributed by atoms with Crippen molar-refractivity contribution in [1.29, 1.82) is 0 Å². The lowest BCUT2D eigenvalue weighted by molar-refractivity contribution is -0.137. The van der Waals surface area contributed by atoms with Gasteiger partial charge in [0.2, 0.25) is 0 Å². The van der Waals surface area contributed by atoms with Crippen LogP contribution in [0, 0.1) is 0 Å². The first-order valence-electron chi connectivity index (χ1n) is 6.37. The van der Waals surface area contributed by atoms with Crippen molar-refractivity contribution in [1.82, 2.24) is 5.32 Å². The predicted molar refractivity (Wildman–Crippen MR) is 78.6 cm³/mol. The molecule has 0 heterocycles. The maximum Gasteiger partial charge on any atom is 0.332 e. The summed E-state index contributed by atoms with van der Waals surface area (Å²) in [4.78, 5) is 25.2. The van der Waals surface area contributed by atoms with E-state index < -0.39 is 5.97 Å². The van der Waals surface area contributed by atoms with Gasteiger partial charge < -0.3 is 15.0 Å². The van der Waals surface area contributed by atoms with E-state index >= 15 is 0 Å². The van der Waals surface area contributed by atoms with Crippen LogP contribution in [0.15, 0.2) is 36.0 Å². The van der Waals surface area contributed by atoms with Crippen molar-refractivity contribution in [3.05, 3.63) is 41.6 Å². The maximum atomic E-state index is 12.0. The van der Waals surface area contributed by atoms with E-state index in [-0.39, 0.29) is 5.91 Å². The van der Waals surface area contributed by atoms with Gasteiger partial charge in [-0.1, -0.05) is 6.07 Å². The molecule has 0 aliphatic heterocycles. The van der Waals surface area contributed by atoms with Crippen molar-refractivity contribution in [3.63, 3.8) is 0 Å². The molecular weight excluding hydrogens is 256 g/mol. The molecule has 0 aliphatic carbocycles. The topological polar surface area (TPSA) is 58.6 Å². The Morgan fingerprint density at radius 3 is 2.65 bits per heavy atom. The highest BCUT2D eigenvalue weighted by Gasteiger charge is 2.08. The zero-order valence-corrected chi connectivity index (χ0v) is 12.3. The van der Waals surface area contributed by atoms with Crippen LogP contribution in [-0.4, -0.2) is 32.6 Å². The minimum atomic E-state index is -0.465. The maximum absolute atomic E-state index is 12.0. The molecule has 0 radical (unpaired) electrons. The number of carbonyl (C=O) groups excluding carboxylic acids is 2. The van der Waals surface area contributed by atoms with E-state index in [1.54, 1.807) is 26.0 Å². The SMILES string of the molecule is CCOC(=O)/C=C(\C)NC(=O)c1cccc(N(C)C)c1. The van der Waals surface area contributed by atoms with Gasteiger partial charge in [-0.2, -0.15) is 0 Å². The molecule has 1 aromatic carbocycles. The molecule has 1 rings (SSSR count). The molecule has 0 saturated carbocycles. The lowest BCUT2D eigenvalue weighted by Crippen LogP contribution is -2.22. The fourth-order valence-electron chi connectivity index (χ4n) is 1.57. The quantitative estimate of drug-likeness (QED) is 0.659. The molecule has 1 aromatic rings. The molecule has 0 spiro atoms. The van der Waals surface area contributed by atoms with Crippen LogP contribution in [0.1, 0.15) is 24.2 Å². The van der Waals surface area contributed by atoms with Crippen LogP contribution in [0.5, 0.6) is 0 Å². The summed E-state index contributed by atoms with van der Waals surface area (Å²) in [5, 5.41) is 2.65. The van der Waals surface area contributed by atoms with Gasteiger partial charge in [-0.05, 0) is 32.0 Å². The summed E-state index contributed by atoms with van der Waals surface area (Å²) in [5.74, 6) is -0.723. The highest BCUT2D eigenvalue weighted by atomic mass is 16.5. The summed E-state index contributed by atoms with van der Waals surface area (Å²) in [6.07, 6.45) is 1.26. The number of allylic oxidation sites excluding steroid dienone is 1. The van der Waals surface area contributed by atoms with Gasteiger partial charge in [0.05, 0.1) is 6.61 Å². The molecule has 0 saturated heterocycles. The molecule has 0 unspecified atom stereocenters. The van der Waals surface area contributed by atoms with Crippen LogP contribution in [-0.2, 0) is 9.53 Å². The van der Waals surface area contributed by atoms with E-state index in [2.05, 4.69) is 5.32 Å². The van der Waals surface area contributed by atoms with E-state index in [4.69, 9.17) is 4.74 Å². The zero-order chi connectivity index (χ0) is 15.1. The molecule has 0 aliphatic rings. The Bertz CT molecular complexity index is 522. The number of esters is 1. The van der Waals surface area contributed by atoms with Crippen molar-refractivity contribution < 1.29 is 14.3 Å². The Labute approximate surface area is 119 Å². The van der Waals surface area contributed by atoms with Crippen molar-refractivity contribution >= 4 is 17.6 Å². The molecule has 1 amide bonds. The lowest BCUT2D eigenvalue weighted by atomic mass is 10.2. The molecule has 0 fully saturated rings. The molecular formula is C15H20N2O3. The second-order valence-corrected chi connectivity index (χ2v) is 4.48. The molecule has 0 bridgehead atoms. The van der Waals surface area contributed by atoms with Gasteiger partial charge in [0, 0.05) is 37.1 Å². The standard InChI is InChI=1S/C15H20N2O3/c1-5-20-14(18)9-11(2)16-15(19)12-7-6-8-13(10-12)17(3)4/h6-10H,5H2,1-4H3,(H,16,19)/b11-9+. The zero-order valence-electron chi connectivity index (χ0n) is 12.3. The van der Waals surface area contributed by atoms with Crippen LogP contribution in [0.2, 0.25) is 0 Å². The second kappa shape index (κ2) is 7.33. The Balaban J connectivity index is 2.76. The van der Waals surface area contributed by atoms with Gasteiger partial charge in [-0.3, -0.25) is 4.79 Å². The van der Waals surface area contributed by atoms with Gasteiger partial charge >= 0.3 is 5.97 Å². The number of nitrogens with one attached hydrogen (secondary N) is 1. The van der Waals surface area contributed by atoms with Crippen LogP contribution >= 0.6 is 0 Å². The van der Waals surface area contributed by atoms with Gasteiger partial charge in [-0.15, -0.1) is 0 Å². The molecule has 20 heavy (non-hydrogen) atoms. The van der Waals surface area contributed by atoms with E-state index in [0.29, 0.717) is 17.9 Å². The predicted octanol–water partition coefficient (Wildman–Crippen LogP) is 1.95. The van der Waals surface area contributed by atoms with E-state index in [1.165, 1.54) is 6.08 Å². The minimum Gasteiger partial charge on any atom is -0.463 e. The number of hydrogen-bond acceptors (Lipinski definition) is 4. The molecule has 0 aromatic heterocycles. The minimum absolute atomic E-state index is 0.258. The first kappa shape index (κ1) is 15.8. The molecule has 5 nitrogen and oxygen atoms in total. The number of amides is 1. The first-order chi connectivity index (χ1) is 9.43. The summed E-state index contributed by atoms with van der Waals surface area (Å²) in [6.45, 7) is 3.68. The Morgan fingerprint density at radius 1 is 1.35 bits per heavy atom. The van der Waals surface area contributed by atoms with Crippen LogP contribution in [0.3, 0.4) is 0 Å². The fraction of sp³-hybridized carbons (Fsp3) is 0.333. The number of ether oxygens (including phenoxy) is 1. The fourth-order valence-corrected chi connectivity index (χ4v) is 1.57. The van der Waals surface area contributed by atoms with Gasteiger partial charge in [-0.25, -0.2) is 4.79 Å². The monoisotopic (exact) mass is 276 g/mol. The summed E-state index contributed by atoms with van der Waals surface area (Å²) >= 11 is 0. The van der Waals surface area contributed by atoms with Crippen molar-refractivity contribution in [3.8, 4) is 0 Å². The molecule has 0 atom stereocenters. The highest BCUT2D eigenvalue weighted by Crippen LogP contribution is 2.13. The van der Waals surface area contributed by atoms with Crippen molar-refractivity contribution in [2.24, 2.45) is 0 Å². The van der Waals surface area contributed by atoms with E-state index in [9.17, 15) is 9.59 Å². The first-order valence-corrected chi connectivity index (χ1v) is 6.37. The normalized spacial score (nSPS) is 10.9. The second-order valence-electron chi connectivity index (χ2n) is 4.48. The molecule has 108 valence electrons. The van der Waals surface area contributed by atoms with Crippen molar-refractivity contribution in [2.75, 3.05) is 25.6 Å². The summed E-state index contributed by atoms with van der Waals surface area (Å²) in [7, 11) is 3.81. The van der Waals surface area contributed by atoms with Gasteiger partial charge in [0.15, 0.2) is 0 Å². The van der Waals surface area contributed by atoms with Gasteiger partial charge in [0.25, 0.3) is 5.91 Å². The number of nitrogens with zero attached hydrogens (tertiary/aromatic N) is 1. The Kier molecular flexibility index (Phi) is 5.77. The number of benzene rings is 1. The van der Waals surface area contributed by atoms with Crippen molar-refractivity contribution in [2.45, 2.75) is 13.8 Å². The number of rotatable bonds is 5.